The lowest BCUT2D eigenvalue weighted by atomic mass is 9.85. The van der Waals surface area contributed by atoms with Crippen molar-refractivity contribution in [1.82, 2.24) is 10.6 Å². The van der Waals surface area contributed by atoms with Crippen LogP contribution >= 0.6 is 12.4 Å². The summed E-state index contributed by atoms with van der Waals surface area (Å²) >= 11 is 0. The molecular weight excluding hydrogens is 374 g/mol. The quantitative estimate of drug-likeness (QED) is 0.603. The first kappa shape index (κ1) is 22.5. The summed E-state index contributed by atoms with van der Waals surface area (Å²) in [7, 11) is 0. The van der Waals surface area contributed by atoms with Crippen LogP contribution in [0.15, 0.2) is 24.3 Å². The van der Waals surface area contributed by atoms with Gasteiger partial charge in [0.15, 0.2) is 0 Å². The van der Waals surface area contributed by atoms with E-state index in [0.29, 0.717) is 18.9 Å². The summed E-state index contributed by atoms with van der Waals surface area (Å²) in [5, 5.41) is 6.26. The molecule has 0 atom stereocenters. The highest BCUT2D eigenvalue weighted by molar-refractivity contribution is 5.85. The Hall–Kier alpha value is -1.75. The van der Waals surface area contributed by atoms with E-state index >= 15 is 0 Å². The van der Waals surface area contributed by atoms with E-state index < -0.39 is 0 Å². The number of benzene rings is 1. The number of anilines is 1. The van der Waals surface area contributed by atoms with Gasteiger partial charge in [-0.2, -0.15) is 0 Å². The van der Waals surface area contributed by atoms with Gasteiger partial charge in [0.05, 0.1) is 0 Å². The Bertz CT molecular complexity index is 621. The molecule has 5 nitrogen and oxygen atoms in total. The fourth-order valence-corrected chi connectivity index (χ4v) is 4.42. The summed E-state index contributed by atoms with van der Waals surface area (Å²) in [6.45, 7) is 0.654. The highest BCUT2D eigenvalue weighted by Crippen LogP contribution is 2.28. The van der Waals surface area contributed by atoms with Gasteiger partial charge in [-0.25, -0.2) is 0 Å². The van der Waals surface area contributed by atoms with Crippen LogP contribution in [-0.4, -0.2) is 24.4 Å². The Kier molecular flexibility index (Phi) is 9.10. The van der Waals surface area contributed by atoms with Crippen molar-refractivity contribution in [2.24, 2.45) is 11.8 Å². The molecule has 0 heterocycles. The van der Waals surface area contributed by atoms with Gasteiger partial charge in [0, 0.05) is 30.6 Å². The van der Waals surface area contributed by atoms with Crippen molar-refractivity contribution in [3.8, 4) is 0 Å². The zero-order valence-corrected chi connectivity index (χ0v) is 17.4. The minimum Gasteiger partial charge on any atom is -0.399 e. The lowest BCUT2D eigenvalue weighted by Crippen LogP contribution is -2.41. The van der Waals surface area contributed by atoms with Gasteiger partial charge in [-0.1, -0.05) is 25.0 Å². The molecule has 2 saturated carbocycles. The monoisotopic (exact) mass is 407 g/mol. The Morgan fingerprint density at radius 3 is 2.25 bits per heavy atom. The fourth-order valence-electron chi connectivity index (χ4n) is 4.42. The third-order valence-corrected chi connectivity index (χ3v) is 6.10. The maximum atomic E-state index is 12.4. The summed E-state index contributed by atoms with van der Waals surface area (Å²) in [6.07, 6.45) is 10.0. The molecule has 2 fully saturated rings. The first-order valence-corrected chi connectivity index (χ1v) is 10.5. The Morgan fingerprint density at radius 1 is 0.964 bits per heavy atom. The Morgan fingerprint density at radius 2 is 1.61 bits per heavy atom. The molecule has 0 spiro atoms. The molecule has 2 aliphatic carbocycles. The number of hydrogen-bond donors (Lipinski definition) is 3. The van der Waals surface area contributed by atoms with Crippen molar-refractivity contribution in [3.63, 3.8) is 0 Å². The van der Waals surface area contributed by atoms with Crippen LogP contribution in [0.5, 0.6) is 0 Å². The molecule has 0 aliphatic heterocycles. The second-order valence-electron chi connectivity index (χ2n) is 8.25. The molecule has 0 unspecified atom stereocenters. The molecule has 1 aromatic rings. The average molecular weight is 408 g/mol. The third kappa shape index (κ3) is 7.01. The summed E-state index contributed by atoms with van der Waals surface area (Å²) in [5.41, 5.74) is 7.62. The molecule has 0 saturated heterocycles. The molecule has 6 heteroatoms. The normalized spacial score (nSPS) is 22.3. The summed E-state index contributed by atoms with van der Waals surface area (Å²) in [6, 6.07) is 8.03. The van der Waals surface area contributed by atoms with Gasteiger partial charge in [-0.15, -0.1) is 12.4 Å². The fraction of sp³-hybridized carbons (Fsp3) is 0.636. The predicted octanol–water partition coefficient (Wildman–Crippen LogP) is 3.60. The molecule has 2 aliphatic rings. The van der Waals surface area contributed by atoms with Crippen LogP contribution in [0.3, 0.4) is 0 Å². The van der Waals surface area contributed by atoms with Gasteiger partial charge in [0.1, 0.15) is 0 Å². The maximum absolute atomic E-state index is 12.4. The minimum atomic E-state index is 0. The van der Waals surface area contributed by atoms with Crippen LogP contribution in [0.4, 0.5) is 5.69 Å². The first-order valence-electron chi connectivity index (χ1n) is 10.5. The molecule has 28 heavy (non-hydrogen) atoms. The molecule has 4 N–H and O–H groups in total. The topological polar surface area (TPSA) is 84.2 Å². The lowest BCUT2D eigenvalue weighted by Gasteiger charge is -2.28. The number of carbonyl (C=O) groups is 2. The molecule has 156 valence electrons. The van der Waals surface area contributed by atoms with E-state index in [1.807, 2.05) is 24.3 Å². The van der Waals surface area contributed by atoms with Gasteiger partial charge >= 0.3 is 0 Å². The van der Waals surface area contributed by atoms with Crippen molar-refractivity contribution in [3.05, 3.63) is 29.8 Å². The number of amides is 2. The standard InChI is InChI=1S/C22H33N3O2.ClH/c23-19-9-5-16(6-10-19)13-14-24-22(27)18-7-11-20(12-8-18)25-21(26)15-17-3-1-2-4-17;/h5-6,9-10,17-18,20H,1-4,7-8,11-15,23H2,(H,24,27)(H,25,26);1H. The van der Waals surface area contributed by atoms with E-state index in [9.17, 15) is 9.59 Å². The number of halogens is 1. The van der Waals surface area contributed by atoms with Gasteiger partial charge < -0.3 is 16.4 Å². The maximum Gasteiger partial charge on any atom is 0.223 e. The smallest absolute Gasteiger partial charge is 0.223 e. The largest absolute Gasteiger partial charge is 0.399 e. The molecule has 3 rings (SSSR count). The van der Waals surface area contributed by atoms with Gasteiger partial charge in [0.25, 0.3) is 0 Å². The number of rotatable bonds is 7. The van der Waals surface area contributed by atoms with Crippen LogP contribution in [0, 0.1) is 11.8 Å². The second-order valence-corrected chi connectivity index (χ2v) is 8.25. The van der Waals surface area contributed by atoms with Crippen molar-refractivity contribution >= 4 is 29.9 Å². The summed E-state index contributed by atoms with van der Waals surface area (Å²) in [5.74, 6) is 1.03. The van der Waals surface area contributed by atoms with Crippen LogP contribution in [0.2, 0.25) is 0 Å². The molecule has 0 aromatic heterocycles. The van der Waals surface area contributed by atoms with Gasteiger partial charge in [-0.05, 0) is 68.6 Å². The highest BCUT2D eigenvalue weighted by atomic mass is 35.5. The van der Waals surface area contributed by atoms with Crippen LogP contribution in [-0.2, 0) is 16.0 Å². The predicted molar refractivity (Wildman–Crippen MR) is 115 cm³/mol. The van der Waals surface area contributed by atoms with Crippen LogP contribution in [0.1, 0.15) is 63.4 Å². The van der Waals surface area contributed by atoms with Gasteiger partial charge in [-0.3, -0.25) is 9.59 Å². The minimum absolute atomic E-state index is 0. The molecule has 0 radical (unpaired) electrons. The number of nitrogens with two attached hydrogens (primary N) is 1. The van der Waals surface area contributed by atoms with Crippen LogP contribution < -0.4 is 16.4 Å². The molecule has 1 aromatic carbocycles. The van der Waals surface area contributed by atoms with E-state index in [0.717, 1.165) is 37.8 Å². The SMILES string of the molecule is Cl.Nc1ccc(CCNC(=O)C2CCC(NC(=O)CC3CCCC3)CC2)cc1. The Labute approximate surface area is 174 Å². The summed E-state index contributed by atoms with van der Waals surface area (Å²) in [4.78, 5) is 24.6. The van der Waals surface area contributed by atoms with E-state index in [1.165, 1.54) is 31.2 Å². The van der Waals surface area contributed by atoms with Crippen molar-refractivity contribution in [2.75, 3.05) is 12.3 Å². The zero-order chi connectivity index (χ0) is 19.1. The van der Waals surface area contributed by atoms with E-state index in [2.05, 4.69) is 10.6 Å². The number of nitrogen functional groups attached to an aromatic ring is 1. The van der Waals surface area contributed by atoms with E-state index in [1.54, 1.807) is 0 Å². The van der Waals surface area contributed by atoms with Gasteiger partial charge in [0.2, 0.25) is 11.8 Å². The second kappa shape index (κ2) is 11.3. The first-order chi connectivity index (χ1) is 13.1. The molecule has 2 amide bonds. The molecule has 0 bridgehead atoms. The van der Waals surface area contributed by atoms with Crippen LogP contribution in [0.25, 0.3) is 0 Å². The average Bonchev–Trinajstić information content (AvgIpc) is 3.16. The number of carbonyl (C=O) groups excluding carboxylic acids is 2. The van der Waals surface area contributed by atoms with Crippen molar-refractivity contribution < 1.29 is 9.59 Å². The Balaban J connectivity index is 0.00000280. The molecular formula is C22H34ClN3O2. The van der Waals surface area contributed by atoms with E-state index in [-0.39, 0.29) is 36.2 Å². The van der Waals surface area contributed by atoms with Crippen molar-refractivity contribution in [1.29, 1.82) is 0 Å². The zero-order valence-electron chi connectivity index (χ0n) is 16.6. The third-order valence-electron chi connectivity index (χ3n) is 6.10. The van der Waals surface area contributed by atoms with Crippen molar-refractivity contribution in [2.45, 2.75) is 70.3 Å². The lowest BCUT2D eigenvalue weighted by molar-refractivity contribution is -0.126. The number of hydrogen-bond acceptors (Lipinski definition) is 3. The highest BCUT2D eigenvalue weighted by Gasteiger charge is 2.27. The van der Waals surface area contributed by atoms with E-state index in [4.69, 9.17) is 5.73 Å². The summed E-state index contributed by atoms with van der Waals surface area (Å²) < 4.78 is 0. The number of nitrogens with one attached hydrogen (secondary N) is 2.